The van der Waals surface area contributed by atoms with Crippen LogP contribution in [0.5, 0.6) is 23.0 Å². The zero-order valence-electron chi connectivity index (χ0n) is 28.9. The molecule has 2 atom stereocenters. The maximum Gasteiger partial charge on any atom is 0.259 e. The fourth-order valence-corrected chi connectivity index (χ4v) is 5.34. The number of Topliss-reactive ketones (excluding diaryl/α,β-unsaturated/α-hetero) is 2. The molecule has 16 heteroatoms. The van der Waals surface area contributed by atoms with Crippen molar-refractivity contribution in [2.24, 2.45) is 20.5 Å². The Bertz CT molecular complexity index is 1870. The SMILES string of the molecule is COc1cccc(OC)c1NC(=O)C(N=Nc1ccc(-c2ccc(N=NC(C(C)=O)C(=O)Nc3c(OC)cccc3OC)cc2Cl)c(Cl)c1)C(C)=O. The molecule has 0 aromatic heterocycles. The van der Waals surface area contributed by atoms with Crippen LogP contribution in [0.25, 0.3) is 11.1 Å². The number of rotatable bonds is 15. The lowest BCUT2D eigenvalue weighted by Gasteiger charge is -2.15. The minimum Gasteiger partial charge on any atom is -0.494 e. The van der Waals surface area contributed by atoms with Gasteiger partial charge >= 0.3 is 0 Å². The zero-order valence-corrected chi connectivity index (χ0v) is 30.4. The Balaban J connectivity index is 1.50. The molecule has 2 unspecified atom stereocenters. The molecule has 2 amide bonds. The highest BCUT2D eigenvalue weighted by atomic mass is 35.5. The smallest absolute Gasteiger partial charge is 0.259 e. The molecule has 0 saturated heterocycles. The fraction of sp³-hybridized carbons (Fsp3) is 0.222. The number of anilines is 2. The van der Waals surface area contributed by atoms with Crippen LogP contribution >= 0.6 is 23.2 Å². The number of azo groups is 2. The average Bonchev–Trinajstić information content (AvgIpc) is 3.12. The van der Waals surface area contributed by atoms with Gasteiger partial charge in [0, 0.05) is 11.1 Å². The molecule has 0 radical (unpaired) electrons. The van der Waals surface area contributed by atoms with Gasteiger partial charge in [0.05, 0.1) is 49.9 Å². The minimum absolute atomic E-state index is 0.241. The van der Waals surface area contributed by atoms with E-state index in [1.165, 1.54) is 54.4 Å². The van der Waals surface area contributed by atoms with Crippen molar-refractivity contribution in [2.45, 2.75) is 25.9 Å². The minimum atomic E-state index is -1.47. The van der Waals surface area contributed by atoms with E-state index in [9.17, 15) is 19.2 Å². The molecule has 4 aromatic rings. The first kappa shape index (κ1) is 38.9. The van der Waals surface area contributed by atoms with E-state index in [2.05, 4.69) is 31.1 Å². The van der Waals surface area contributed by atoms with E-state index >= 15 is 0 Å². The van der Waals surface area contributed by atoms with Crippen LogP contribution in [0.2, 0.25) is 10.0 Å². The molecule has 0 bridgehead atoms. The molecule has 0 aliphatic heterocycles. The van der Waals surface area contributed by atoms with Crippen molar-refractivity contribution in [2.75, 3.05) is 39.1 Å². The number of amides is 2. The summed E-state index contributed by atoms with van der Waals surface area (Å²) in [6, 6.07) is 16.4. The summed E-state index contributed by atoms with van der Waals surface area (Å²) in [6.07, 6.45) is 0. The molecule has 0 saturated carbocycles. The van der Waals surface area contributed by atoms with E-state index in [1.807, 2.05) is 0 Å². The van der Waals surface area contributed by atoms with E-state index in [4.69, 9.17) is 42.1 Å². The van der Waals surface area contributed by atoms with Gasteiger partial charge in [0.25, 0.3) is 11.8 Å². The lowest BCUT2D eigenvalue weighted by atomic mass is 10.0. The number of carbonyl (C=O) groups excluding carboxylic acids is 4. The Kier molecular flexibility index (Phi) is 13.4. The van der Waals surface area contributed by atoms with Gasteiger partial charge in [-0.2, -0.15) is 20.5 Å². The van der Waals surface area contributed by atoms with Gasteiger partial charge in [-0.05, 0) is 62.4 Å². The highest BCUT2D eigenvalue weighted by Crippen LogP contribution is 2.38. The number of hydrogen-bond acceptors (Lipinski definition) is 12. The van der Waals surface area contributed by atoms with Crippen LogP contribution in [0.4, 0.5) is 22.7 Å². The zero-order chi connectivity index (χ0) is 37.9. The van der Waals surface area contributed by atoms with Gasteiger partial charge in [-0.15, -0.1) is 0 Å². The van der Waals surface area contributed by atoms with Gasteiger partial charge in [0.1, 0.15) is 34.4 Å². The molecule has 14 nitrogen and oxygen atoms in total. The van der Waals surface area contributed by atoms with Gasteiger partial charge in [-0.3, -0.25) is 19.2 Å². The summed E-state index contributed by atoms with van der Waals surface area (Å²) in [5.41, 5.74) is 2.08. The maximum absolute atomic E-state index is 13.1. The molecule has 4 aromatic carbocycles. The van der Waals surface area contributed by atoms with Crippen molar-refractivity contribution in [3.8, 4) is 34.1 Å². The van der Waals surface area contributed by atoms with Crippen LogP contribution in [0.15, 0.2) is 93.3 Å². The lowest BCUT2D eigenvalue weighted by Crippen LogP contribution is -2.32. The second-order valence-corrected chi connectivity index (χ2v) is 11.7. The number of nitrogens with one attached hydrogen (secondary N) is 2. The third-order valence-corrected chi connectivity index (χ3v) is 8.02. The summed E-state index contributed by atoms with van der Waals surface area (Å²) in [5.74, 6) is -1.24. The number of ketones is 2. The monoisotopic (exact) mass is 748 g/mol. The molecule has 0 aliphatic rings. The number of carbonyl (C=O) groups is 4. The first-order valence-electron chi connectivity index (χ1n) is 15.4. The van der Waals surface area contributed by atoms with Crippen LogP contribution in [0.3, 0.4) is 0 Å². The Morgan fingerprint density at radius 2 is 0.885 bits per heavy atom. The van der Waals surface area contributed by atoms with Gasteiger partial charge in [-0.1, -0.05) is 47.5 Å². The van der Waals surface area contributed by atoms with Gasteiger partial charge < -0.3 is 29.6 Å². The number of hydrogen-bond donors (Lipinski definition) is 2. The van der Waals surface area contributed by atoms with E-state index in [0.29, 0.717) is 34.1 Å². The van der Waals surface area contributed by atoms with Crippen molar-refractivity contribution in [3.05, 3.63) is 82.8 Å². The van der Waals surface area contributed by atoms with Crippen molar-refractivity contribution in [1.29, 1.82) is 0 Å². The van der Waals surface area contributed by atoms with Crippen molar-refractivity contribution >= 4 is 69.3 Å². The normalized spacial score (nSPS) is 12.2. The highest BCUT2D eigenvalue weighted by Gasteiger charge is 2.27. The molecule has 0 heterocycles. The number of methoxy groups -OCH3 is 4. The molecular weight excluding hydrogens is 715 g/mol. The molecule has 0 spiro atoms. The van der Waals surface area contributed by atoms with Crippen LogP contribution in [-0.4, -0.2) is 63.9 Å². The van der Waals surface area contributed by atoms with Gasteiger partial charge in [0.15, 0.2) is 11.6 Å². The maximum atomic E-state index is 13.1. The number of nitrogens with zero attached hydrogens (tertiary/aromatic N) is 4. The molecule has 0 aliphatic carbocycles. The summed E-state index contributed by atoms with van der Waals surface area (Å²) in [4.78, 5) is 50.9. The first-order chi connectivity index (χ1) is 24.9. The second-order valence-electron chi connectivity index (χ2n) is 10.8. The van der Waals surface area contributed by atoms with E-state index in [-0.39, 0.29) is 32.8 Å². The van der Waals surface area contributed by atoms with Crippen LogP contribution in [0, 0.1) is 0 Å². The Morgan fingerprint density at radius 1 is 0.558 bits per heavy atom. The number of ether oxygens (including phenoxy) is 4. The number of benzene rings is 4. The summed E-state index contributed by atoms with van der Waals surface area (Å²) in [6.45, 7) is 2.44. The topological polar surface area (TPSA) is 179 Å². The Hall–Kier alpha value is -5.86. The first-order valence-corrected chi connectivity index (χ1v) is 16.1. The van der Waals surface area contributed by atoms with E-state index in [1.54, 1.807) is 60.7 Å². The fourth-order valence-electron chi connectivity index (χ4n) is 4.79. The summed E-state index contributed by atoms with van der Waals surface area (Å²) < 4.78 is 21.2. The third-order valence-electron chi connectivity index (χ3n) is 7.39. The van der Waals surface area contributed by atoms with Crippen molar-refractivity contribution < 1.29 is 38.1 Å². The Morgan fingerprint density at radius 3 is 1.15 bits per heavy atom. The van der Waals surface area contributed by atoms with Crippen molar-refractivity contribution in [1.82, 2.24) is 0 Å². The predicted molar refractivity (Wildman–Crippen MR) is 196 cm³/mol. The molecule has 52 heavy (non-hydrogen) atoms. The highest BCUT2D eigenvalue weighted by molar-refractivity contribution is 6.36. The second kappa shape index (κ2) is 17.9. The van der Waals surface area contributed by atoms with Crippen LogP contribution in [-0.2, 0) is 19.2 Å². The largest absolute Gasteiger partial charge is 0.494 e. The predicted octanol–water partition coefficient (Wildman–Crippen LogP) is 8.05. The summed E-state index contributed by atoms with van der Waals surface area (Å²) >= 11 is 13.2. The summed E-state index contributed by atoms with van der Waals surface area (Å²) in [5, 5.41) is 21.9. The van der Waals surface area contributed by atoms with Gasteiger partial charge in [0.2, 0.25) is 12.1 Å². The lowest BCUT2D eigenvalue weighted by molar-refractivity contribution is -0.127. The molecule has 2 N–H and O–H groups in total. The van der Waals surface area contributed by atoms with Crippen molar-refractivity contribution in [3.63, 3.8) is 0 Å². The molecule has 4 rings (SSSR count). The van der Waals surface area contributed by atoms with Crippen LogP contribution in [0.1, 0.15) is 13.8 Å². The molecule has 270 valence electrons. The van der Waals surface area contributed by atoms with Gasteiger partial charge in [-0.25, -0.2) is 0 Å². The molecular formula is C36H34Cl2N6O8. The standard InChI is InChI=1S/C36H34Cl2N6O8/c1-19(45)31(35(47)39-33-27(49-3)9-7-10-28(33)50-4)43-41-21-13-15-23(25(37)17-21)24-16-14-22(18-26(24)38)42-44-32(20(2)46)36(48)40-34-29(51-5)11-8-12-30(34)52-6/h7-18,31-32H,1-6H3,(H,39,47)(H,40,48). The molecule has 0 fully saturated rings. The van der Waals surface area contributed by atoms with E-state index in [0.717, 1.165) is 0 Å². The van der Waals surface area contributed by atoms with E-state index < -0.39 is 35.5 Å². The van der Waals surface area contributed by atoms with Crippen LogP contribution < -0.4 is 29.6 Å². The Labute approximate surface area is 309 Å². The number of halogens is 2. The third kappa shape index (κ3) is 9.27. The summed E-state index contributed by atoms with van der Waals surface area (Å²) in [7, 11) is 5.74. The average molecular weight is 750 g/mol. The quantitative estimate of drug-likeness (QED) is 0.0905. The number of para-hydroxylation sites is 2.